The van der Waals surface area contributed by atoms with Crippen LogP contribution in [0, 0.1) is 23.3 Å². The molecular formula is C33H20F4N3OP. The van der Waals surface area contributed by atoms with Crippen molar-refractivity contribution in [3.63, 3.8) is 0 Å². The predicted molar refractivity (Wildman–Crippen MR) is 155 cm³/mol. The molecule has 0 spiro atoms. The van der Waals surface area contributed by atoms with Crippen molar-refractivity contribution in [2.75, 3.05) is 0 Å². The molecule has 9 heteroatoms. The van der Waals surface area contributed by atoms with Crippen molar-refractivity contribution in [1.29, 1.82) is 0 Å². The van der Waals surface area contributed by atoms with Gasteiger partial charge in [0.25, 0.3) is 0 Å². The fraction of sp³-hybridized carbons (Fsp3) is 0. The van der Waals surface area contributed by atoms with Crippen LogP contribution >= 0.6 is 7.14 Å². The van der Waals surface area contributed by atoms with Crippen LogP contribution in [-0.4, -0.2) is 15.0 Å². The number of hydrogen-bond acceptors (Lipinski definition) is 4. The second-order valence-corrected chi connectivity index (χ2v) is 12.1. The molecule has 206 valence electrons. The lowest BCUT2D eigenvalue weighted by atomic mass is 10.1. The van der Waals surface area contributed by atoms with Gasteiger partial charge in [-0.05, 0) is 36.4 Å². The zero-order valence-electron chi connectivity index (χ0n) is 21.8. The molecule has 42 heavy (non-hydrogen) atoms. The average molecular weight is 582 g/mol. The van der Waals surface area contributed by atoms with Gasteiger partial charge in [-0.2, -0.15) is 0 Å². The summed E-state index contributed by atoms with van der Waals surface area (Å²) in [5.41, 5.74) is 0.657. The van der Waals surface area contributed by atoms with Gasteiger partial charge in [0, 0.05) is 32.6 Å². The molecule has 5 aromatic carbocycles. The van der Waals surface area contributed by atoms with Gasteiger partial charge in [0.2, 0.25) is 0 Å². The number of rotatable bonds is 6. The fourth-order valence-corrected chi connectivity index (χ4v) is 7.51. The van der Waals surface area contributed by atoms with Gasteiger partial charge in [0.05, 0.1) is 0 Å². The van der Waals surface area contributed by atoms with Crippen molar-refractivity contribution in [3.05, 3.63) is 145 Å². The Hall–Kier alpha value is -4.94. The van der Waals surface area contributed by atoms with Crippen LogP contribution in [0.5, 0.6) is 0 Å². The van der Waals surface area contributed by atoms with Gasteiger partial charge in [-0.1, -0.05) is 84.9 Å². The number of halogens is 4. The SMILES string of the molecule is O=P(c1ccccc1)(c1ccccc1)c1ccccc1-c1nc(-c2ccc(F)c(F)c2)nc(-c2ccc(F)c(F)c2)n1. The van der Waals surface area contributed by atoms with Crippen LogP contribution in [0.25, 0.3) is 34.2 Å². The van der Waals surface area contributed by atoms with Crippen molar-refractivity contribution in [2.45, 2.75) is 0 Å². The average Bonchev–Trinajstić information content (AvgIpc) is 3.04. The van der Waals surface area contributed by atoms with E-state index >= 15 is 4.57 Å². The molecule has 0 aliphatic rings. The van der Waals surface area contributed by atoms with E-state index in [0.29, 0.717) is 21.5 Å². The first-order chi connectivity index (χ1) is 20.3. The molecule has 0 saturated heterocycles. The van der Waals surface area contributed by atoms with Crippen molar-refractivity contribution in [3.8, 4) is 34.2 Å². The van der Waals surface area contributed by atoms with Crippen LogP contribution in [-0.2, 0) is 4.57 Å². The van der Waals surface area contributed by atoms with Crippen LogP contribution in [0.4, 0.5) is 17.6 Å². The summed E-state index contributed by atoms with van der Waals surface area (Å²) in [6.45, 7) is 0. The van der Waals surface area contributed by atoms with Crippen LogP contribution in [0.2, 0.25) is 0 Å². The highest BCUT2D eigenvalue weighted by molar-refractivity contribution is 7.85. The van der Waals surface area contributed by atoms with Crippen LogP contribution < -0.4 is 15.9 Å². The van der Waals surface area contributed by atoms with E-state index in [1.807, 2.05) is 12.1 Å². The van der Waals surface area contributed by atoms with Crippen LogP contribution in [0.15, 0.2) is 121 Å². The Balaban J connectivity index is 1.63. The van der Waals surface area contributed by atoms with Crippen LogP contribution in [0.1, 0.15) is 0 Å². The van der Waals surface area contributed by atoms with Crippen molar-refractivity contribution in [1.82, 2.24) is 15.0 Å². The number of nitrogens with zero attached hydrogens (tertiary/aromatic N) is 3. The summed E-state index contributed by atoms with van der Waals surface area (Å²) in [6, 6.07) is 31.3. The normalized spacial score (nSPS) is 11.4. The quantitative estimate of drug-likeness (QED) is 0.156. The molecule has 4 nitrogen and oxygen atoms in total. The summed E-state index contributed by atoms with van der Waals surface area (Å²) < 4.78 is 71.2. The topological polar surface area (TPSA) is 55.7 Å². The van der Waals surface area contributed by atoms with E-state index in [1.165, 1.54) is 12.1 Å². The van der Waals surface area contributed by atoms with Gasteiger partial charge >= 0.3 is 0 Å². The minimum absolute atomic E-state index is 0.0392. The lowest BCUT2D eigenvalue weighted by Gasteiger charge is -2.22. The molecule has 0 atom stereocenters. The standard InChI is InChI=1S/C33H20F4N3OP/c34-26-17-15-21(19-28(26)36)31-38-32(22-16-18-27(35)29(37)20-22)40-33(39-31)25-13-7-8-14-30(25)42(41,23-9-3-1-4-10-23)24-11-5-2-6-12-24/h1-20H. The molecule has 0 N–H and O–H groups in total. The Morgan fingerprint density at radius 1 is 0.452 bits per heavy atom. The van der Waals surface area contributed by atoms with Gasteiger partial charge in [0.15, 0.2) is 47.9 Å². The Morgan fingerprint density at radius 2 is 0.881 bits per heavy atom. The van der Waals surface area contributed by atoms with E-state index < -0.39 is 30.4 Å². The molecule has 1 aromatic heterocycles. The minimum atomic E-state index is -3.50. The van der Waals surface area contributed by atoms with E-state index in [4.69, 9.17) is 0 Å². The third-order valence-electron chi connectivity index (χ3n) is 6.71. The number of benzene rings is 5. The molecule has 1 heterocycles. The third kappa shape index (κ3) is 5.01. The molecule has 6 rings (SSSR count). The summed E-state index contributed by atoms with van der Waals surface area (Å²) in [6.07, 6.45) is 0. The maximum atomic E-state index is 15.2. The number of hydrogen-bond donors (Lipinski definition) is 0. The summed E-state index contributed by atoms with van der Waals surface area (Å²) in [4.78, 5) is 13.5. The lowest BCUT2D eigenvalue weighted by Crippen LogP contribution is -2.26. The second-order valence-electron chi connectivity index (χ2n) is 9.36. The Morgan fingerprint density at radius 3 is 1.36 bits per heavy atom. The van der Waals surface area contributed by atoms with E-state index in [9.17, 15) is 17.6 Å². The Kier molecular flexibility index (Phi) is 7.23. The van der Waals surface area contributed by atoms with Crippen molar-refractivity contribution in [2.24, 2.45) is 0 Å². The first kappa shape index (κ1) is 27.2. The van der Waals surface area contributed by atoms with E-state index in [1.54, 1.807) is 72.8 Å². The highest BCUT2D eigenvalue weighted by atomic mass is 31.2. The van der Waals surface area contributed by atoms with Crippen LogP contribution in [0.3, 0.4) is 0 Å². The molecule has 0 aliphatic heterocycles. The maximum absolute atomic E-state index is 15.2. The predicted octanol–water partition coefficient (Wildman–Crippen LogP) is 7.07. The molecule has 0 unspecified atom stereocenters. The van der Waals surface area contributed by atoms with Gasteiger partial charge in [-0.3, -0.25) is 0 Å². The molecule has 0 amide bonds. The number of aromatic nitrogens is 3. The highest BCUT2D eigenvalue weighted by Crippen LogP contribution is 2.45. The highest BCUT2D eigenvalue weighted by Gasteiger charge is 2.33. The molecule has 0 aliphatic carbocycles. The molecular weight excluding hydrogens is 561 g/mol. The van der Waals surface area contributed by atoms with Gasteiger partial charge in [0.1, 0.15) is 0 Å². The molecule has 0 fully saturated rings. The zero-order chi connectivity index (χ0) is 29.3. The van der Waals surface area contributed by atoms with Gasteiger partial charge in [-0.25, -0.2) is 32.5 Å². The van der Waals surface area contributed by atoms with E-state index in [2.05, 4.69) is 15.0 Å². The zero-order valence-corrected chi connectivity index (χ0v) is 22.7. The molecule has 0 saturated carbocycles. The van der Waals surface area contributed by atoms with E-state index in [0.717, 1.165) is 24.3 Å². The van der Waals surface area contributed by atoms with E-state index in [-0.39, 0.29) is 28.6 Å². The second kappa shape index (κ2) is 11.1. The first-order valence-electron chi connectivity index (χ1n) is 12.8. The Labute approximate surface area is 238 Å². The fourth-order valence-electron chi connectivity index (χ4n) is 4.67. The molecule has 0 radical (unpaired) electrons. The monoisotopic (exact) mass is 581 g/mol. The van der Waals surface area contributed by atoms with Gasteiger partial charge in [-0.15, -0.1) is 0 Å². The molecule has 6 aromatic rings. The summed E-state index contributed by atoms with van der Waals surface area (Å²) in [7, 11) is -3.50. The smallest absolute Gasteiger partial charge is 0.171 e. The third-order valence-corrected chi connectivity index (χ3v) is 9.83. The van der Waals surface area contributed by atoms with Gasteiger partial charge < -0.3 is 4.57 Å². The maximum Gasteiger partial charge on any atom is 0.171 e. The first-order valence-corrected chi connectivity index (χ1v) is 14.5. The Bertz CT molecular complexity index is 1860. The summed E-state index contributed by atoms with van der Waals surface area (Å²) >= 11 is 0. The largest absolute Gasteiger partial charge is 0.309 e. The molecule has 0 bridgehead atoms. The summed E-state index contributed by atoms with van der Waals surface area (Å²) in [5.74, 6) is -4.34. The van der Waals surface area contributed by atoms with Crippen molar-refractivity contribution < 1.29 is 22.1 Å². The lowest BCUT2D eigenvalue weighted by molar-refractivity contribution is 0.509. The summed E-state index contributed by atoms with van der Waals surface area (Å²) in [5, 5.41) is 1.60. The minimum Gasteiger partial charge on any atom is -0.309 e. The van der Waals surface area contributed by atoms with Crippen molar-refractivity contribution >= 4 is 23.1 Å².